The van der Waals surface area contributed by atoms with Gasteiger partial charge in [-0.1, -0.05) is 12.1 Å². The number of nitrogens with zero attached hydrogens (tertiary/aromatic N) is 1. The number of hydrogen-bond acceptors (Lipinski definition) is 3. The molecule has 2 N–H and O–H groups in total. The van der Waals surface area contributed by atoms with Gasteiger partial charge in [0.1, 0.15) is 0 Å². The minimum atomic E-state index is -0.00543. The van der Waals surface area contributed by atoms with E-state index in [4.69, 9.17) is 0 Å². The zero-order valence-electron chi connectivity index (χ0n) is 11.4. The van der Waals surface area contributed by atoms with Crippen molar-refractivity contribution in [3.05, 3.63) is 29.3 Å². The van der Waals surface area contributed by atoms with Crippen LogP contribution in [0.2, 0.25) is 0 Å². The van der Waals surface area contributed by atoms with E-state index in [1.807, 2.05) is 13.0 Å². The lowest BCUT2D eigenvalue weighted by molar-refractivity contribution is -0.116. The second kappa shape index (κ2) is 5.31. The summed E-state index contributed by atoms with van der Waals surface area (Å²) < 4.78 is 0. The Hall–Kier alpha value is -1.39. The van der Waals surface area contributed by atoms with Crippen molar-refractivity contribution in [3.63, 3.8) is 0 Å². The molecule has 19 heavy (non-hydrogen) atoms. The predicted octanol–water partition coefficient (Wildman–Crippen LogP) is 1.19. The summed E-state index contributed by atoms with van der Waals surface area (Å²) in [4.78, 5) is 14.1. The summed E-state index contributed by atoms with van der Waals surface area (Å²) in [6.07, 6.45) is 1.06. The first-order valence-electron chi connectivity index (χ1n) is 7.11. The molecule has 1 saturated heterocycles. The van der Waals surface area contributed by atoms with Gasteiger partial charge < -0.3 is 15.5 Å². The molecule has 1 atom stereocenters. The minimum absolute atomic E-state index is 0.00543. The topological polar surface area (TPSA) is 44.4 Å². The Morgan fingerprint density at radius 1 is 1.32 bits per heavy atom. The highest BCUT2D eigenvalue weighted by Gasteiger charge is 2.26. The standard InChI is InChI=1S/C15H21N3O/c1-11-13-10-12(2-3-14(13)17-15(11)19)4-7-18-8-5-16-6-9-18/h2-3,10-11,16H,4-9H2,1H3,(H,17,19). The Balaban J connectivity index is 1.64. The molecule has 1 aromatic rings. The van der Waals surface area contributed by atoms with Crippen LogP contribution < -0.4 is 10.6 Å². The van der Waals surface area contributed by atoms with E-state index in [1.165, 1.54) is 5.56 Å². The van der Waals surface area contributed by atoms with E-state index in [9.17, 15) is 4.79 Å². The van der Waals surface area contributed by atoms with Crippen LogP contribution in [0.15, 0.2) is 18.2 Å². The minimum Gasteiger partial charge on any atom is -0.325 e. The molecule has 0 spiro atoms. The van der Waals surface area contributed by atoms with Crippen LogP contribution in [0.4, 0.5) is 5.69 Å². The molecule has 4 nitrogen and oxygen atoms in total. The molecule has 1 amide bonds. The van der Waals surface area contributed by atoms with Crippen LogP contribution in [0, 0.1) is 0 Å². The van der Waals surface area contributed by atoms with Gasteiger partial charge >= 0.3 is 0 Å². The van der Waals surface area contributed by atoms with Crippen molar-refractivity contribution in [2.24, 2.45) is 0 Å². The van der Waals surface area contributed by atoms with Gasteiger partial charge in [0.25, 0.3) is 0 Å². The fourth-order valence-electron chi connectivity index (χ4n) is 2.84. The fraction of sp³-hybridized carbons (Fsp3) is 0.533. The molecule has 0 aromatic heterocycles. The second-order valence-corrected chi connectivity index (χ2v) is 5.47. The fourth-order valence-corrected chi connectivity index (χ4v) is 2.84. The number of fused-ring (bicyclic) bond motifs is 1. The molecule has 0 saturated carbocycles. The lowest BCUT2D eigenvalue weighted by Crippen LogP contribution is -2.44. The third kappa shape index (κ3) is 2.65. The van der Waals surface area contributed by atoms with Crippen molar-refractivity contribution in [1.29, 1.82) is 0 Å². The maximum atomic E-state index is 11.6. The molecule has 1 unspecified atom stereocenters. The Bertz CT molecular complexity index is 480. The average molecular weight is 259 g/mol. The van der Waals surface area contributed by atoms with Crippen molar-refractivity contribution in [2.45, 2.75) is 19.3 Å². The predicted molar refractivity (Wildman–Crippen MR) is 76.5 cm³/mol. The molecular weight excluding hydrogens is 238 g/mol. The maximum Gasteiger partial charge on any atom is 0.231 e. The monoisotopic (exact) mass is 259 g/mol. The van der Waals surface area contributed by atoms with Crippen molar-refractivity contribution in [2.75, 3.05) is 38.0 Å². The summed E-state index contributed by atoms with van der Waals surface area (Å²) in [7, 11) is 0. The number of nitrogens with one attached hydrogen (secondary N) is 2. The van der Waals surface area contributed by atoms with Gasteiger partial charge in [0, 0.05) is 38.4 Å². The highest BCUT2D eigenvalue weighted by Crippen LogP contribution is 2.32. The number of anilines is 1. The third-order valence-corrected chi connectivity index (χ3v) is 4.16. The summed E-state index contributed by atoms with van der Waals surface area (Å²) in [5, 5.41) is 6.29. The molecule has 3 rings (SSSR count). The smallest absolute Gasteiger partial charge is 0.231 e. The Labute approximate surface area is 114 Å². The van der Waals surface area contributed by atoms with E-state index in [-0.39, 0.29) is 11.8 Å². The summed E-state index contributed by atoms with van der Waals surface area (Å²) in [5.41, 5.74) is 3.48. The normalized spacial score (nSPS) is 23.2. The van der Waals surface area contributed by atoms with E-state index >= 15 is 0 Å². The number of rotatable bonds is 3. The molecule has 2 aliphatic heterocycles. The number of hydrogen-bond donors (Lipinski definition) is 2. The molecule has 4 heteroatoms. The lowest BCUT2D eigenvalue weighted by Gasteiger charge is -2.27. The van der Waals surface area contributed by atoms with Crippen molar-refractivity contribution in [1.82, 2.24) is 10.2 Å². The van der Waals surface area contributed by atoms with Crippen molar-refractivity contribution < 1.29 is 4.79 Å². The molecule has 2 heterocycles. The second-order valence-electron chi connectivity index (χ2n) is 5.47. The maximum absolute atomic E-state index is 11.6. The van der Waals surface area contributed by atoms with Crippen molar-refractivity contribution >= 4 is 11.6 Å². The molecule has 0 aliphatic carbocycles. The highest BCUT2D eigenvalue weighted by molar-refractivity contribution is 6.02. The zero-order chi connectivity index (χ0) is 13.2. The van der Waals surface area contributed by atoms with Gasteiger partial charge in [0.2, 0.25) is 5.91 Å². The molecular formula is C15H21N3O. The van der Waals surface area contributed by atoms with Gasteiger partial charge in [-0.15, -0.1) is 0 Å². The Kier molecular flexibility index (Phi) is 3.53. The van der Waals surface area contributed by atoms with Gasteiger partial charge in [-0.25, -0.2) is 0 Å². The van der Waals surface area contributed by atoms with Gasteiger partial charge in [-0.2, -0.15) is 0 Å². The summed E-state index contributed by atoms with van der Waals surface area (Å²) in [6.45, 7) is 7.56. The highest BCUT2D eigenvalue weighted by atomic mass is 16.2. The third-order valence-electron chi connectivity index (χ3n) is 4.16. The average Bonchev–Trinajstić information content (AvgIpc) is 2.73. The van der Waals surface area contributed by atoms with E-state index < -0.39 is 0 Å². The molecule has 1 fully saturated rings. The first-order chi connectivity index (χ1) is 9.24. The molecule has 0 bridgehead atoms. The number of carbonyl (C=O) groups excluding carboxylic acids is 1. The Morgan fingerprint density at radius 2 is 2.11 bits per heavy atom. The van der Waals surface area contributed by atoms with Crippen LogP contribution in [-0.4, -0.2) is 43.5 Å². The Morgan fingerprint density at radius 3 is 2.89 bits per heavy atom. The largest absolute Gasteiger partial charge is 0.325 e. The quantitative estimate of drug-likeness (QED) is 0.857. The van der Waals surface area contributed by atoms with Crippen LogP contribution >= 0.6 is 0 Å². The summed E-state index contributed by atoms with van der Waals surface area (Å²) in [5.74, 6) is 0.114. The van der Waals surface area contributed by atoms with Gasteiger partial charge in [-0.3, -0.25) is 4.79 Å². The van der Waals surface area contributed by atoms with Crippen LogP contribution in [0.1, 0.15) is 24.0 Å². The first kappa shape index (κ1) is 12.6. The zero-order valence-corrected chi connectivity index (χ0v) is 11.4. The summed E-state index contributed by atoms with van der Waals surface area (Å²) in [6, 6.07) is 6.38. The van der Waals surface area contributed by atoms with Crippen LogP contribution in [0.25, 0.3) is 0 Å². The summed E-state index contributed by atoms with van der Waals surface area (Å²) >= 11 is 0. The van der Waals surface area contributed by atoms with Crippen molar-refractivity contribution in [3.8, 4) is 0 Å². The number of benzene rings is 1. The molecule has 102 valence electrons. The van der Waals surface area contributed by atoms with Gasteiger partial charge in [-0.05, 0) is 30.5 Å². The first-order valence-corrected chi connectivity index (χ1v) is 7.11. The van der Waals surface area contributed by atoms with Crippen LogP contribution in [0.5, 0.6) is 0 Å². The SMILES string of the molecule is CC1C(=O)Nc2ccc(CCN3CCNCC3)cc21. The number of piperazine rings is 1. The van der Waals surface area contributed by atoms with E-state index in [2.05, 4.69) is 27.7 Å². The van der Waals surface area contributed by atoms with Crippen LogP contribution in [-0.2, 0) is 11.2 Å². The van der Waals surface area contributed by atoms with E-state index in [0.29, 0.717) is 0 Å². The van der Waals surface area contributed by atoms with E-state index in [0.717, 1.165) is 50.4 Å². The molecule has 0 radical (unpaired) electrons. The van der Waals surface area contributed by atoms with E-state index in [1.54, 1.807) is 0 Å². The van der Waals surface area contributed by atoms with Crippen LogP contribution in [0.3, 0.4) is 0 Å². The molecule has 1 aromatic carbocycles. The lowest BCUT2D eigenvalue weighted by atomic mass is 9.99. The van der Waals surface area contributed by atoms with Gasteiger partial charge in [0.05, 0.1) is 5.92 Å². The number of carbonyl (C=O) groups is 1. The van der Waals surface area contributed by atoms with Gasteiger partial charge in [0.15, 0.2) is 0 Å². The molecule has 2 aliphatic rings. The number of amides is 1.